The summed E-state index contributed by atoms with van der Waals surface area (Å²) in [6.07, 6.45) is 0. The van der Waals surface area contributed by atoms with E-state index in [2.05, 4.69) is 9.39 Å². The highest BCUT2D eigenvalue weighted by atomic mass is 32.2. The van der Waals surface area contributed by atoms with E-state index in [0.717, 1.165) is 4.31 Å². The normalized spacial score (nSPS) is 16.8. The Kier molecular flexibility index (Phi) is 4.38. The van der Waals surface area contributed by atoms with Crippen molar-refractivity contribution < 1.29 is 13.2 Å². The van der Waals surface area contributed by atoms with Crippen molar-refractivity contribution in [3.8, 4) is 0 Å². The van der Waals surface area contributed by atoms with Crippen LogP contribution in [0.5, 0.6) is 0 Å². The molecule has 8 nitrogen and oxygen atoms in total. The molecule has 0 saturated heterocycles. The van der Waals surface area contributed by atoms with Gasteiger partial charge in [-0.1, -0.05) is 30.3 Å². The molecule has 9 heteroatoms. The zero-order chi connectivity index (χ0) is 19.9. The van der Waals surface area contributed by atoms with Crippen molar-refractivity contribution in [1.29, 1.82) is 0 Å². The molecule has 0 atom stereocenters. The Morgan fingerprint density at radius 1 is 0.964 bits per heavy atom. The molecule has 0 saturated carbocycles. The van der Waals surface area contributed by atoms with Gasteiger partial charge in [-0.05, 0) is 38.1 Å². The molecule has 0 bridgehead atoms. The minimum Gasteiger partial charge on any atom is -0.341 e. The summed E-state index contributed by atoms with van der Waals surface area (Å²) in [4.78, 5) is 20.8. The summed E-state index contributed by atoms with van der Waals surface area (Å²) in [5.74, 6) is -0.257. The number of para-hydroxylation sites is 2. The van der Waals surface area contributed by atoms with Crippen molar-refractivity contribution in [3.05, 3.63) is 60.2 Å². The minimum absolute atomic E-state index is 0.0203. The molecule has 0 N–H and O–H groups in total. The fourth-order valence-electron chi connectivity index (χ4n) is 3.25. The van der Waals surface area contributed by atoms with E-state index in [1.807, 2.05) is 19.9 Å². The smallest absolute Gasteiger partial charge is 0.341 e. The Morgan fingerprint density at radius 3 is 2.21 bits per heavy atom. The molecule has 0 spiro atoms. The number of anilines is 2. The summed E-state index contributed by atoms with van der Waals surface area (Å²) in [6.45, 7) is 4.87. The summed E-state index contributed by atoms with van der Waals surface area (Å²) < 4.78 is 30.8. The van der Waals surface area contributed by atoms with Crippen LogP contribution in [0.4, 0.5) is 11.4 Å². The third-order valence-corrected chi connectivity index (χ3v) is 5.84. The van der Waals surface area contributed by atoms with Gasteiger partial charge in [0.05, 0.1) is 11.4 Å². The van der Waals surface area contributed by atoms with Gasteiger partial charge >= 0.3 is 10.2 Å². The van der Waals surface area contributed by atoms with Crippen LogP contribution in [0.1, 0.15) is 24.2 Å². The van der Waals surface area contributed by atoms with Gasteiger partial charge in [0.1, 0.15) is 0 Å². The summed E-state index contributed by atoms with van der Waals surface area (Å²) >= 11 is 0. The van der Waals surface area contributed by atoms with Crippen LogP contribution in [-0.4, -0.2) is 44.2 Å². The number of carbonyl (C=O) groups is 1. The molecule has 0 unspecified atom stereocenters. The van der Waals surface area contributed by atoms with E-state index in [-0.39, 0.29) is 17.8 Å². The number of nitrogens with zero attached hydrogens (tertiary/aromatic N) is 5. The average Bonchev–Trinajstić information content (AvgIpc) is 3.03. The molecule has 2 aromatic rings. The number of hydrogen-bond acceptors (Lipinski definition) is 5. The van der Waals surface area contributed by atoms with Crippen LogP contribution in [0.2, 0.25) is 0 Å². The highest BCUT2D eigenvalue weighted by molar-refractivity contribution is 7.92. The number of aliphatic imine (C=N–C) groups is 1. The van der Waals surface area contributed by atoms with Crippen molar-refractivity contribution in [2.75, 3.05) is 22.3 Å². The Morgan fingerprint density at radius 2 is 1.57 bits per heavy atom. The maximum atomic E-state index is 13.3. The zero-order valence-electron chi connectivity index (χ0n) is 15.5. The van der Waals surface area contributed by atoms with Crippen LogP contribution in [0.3, 0.4) is 0 Å². The molecule has 0 fully saturated rings. The third-order valence-electron chi connectivity index (χ3n) is 4.62. The quantitative estimate of drug-likeness (QED) is 0.796. The second kappa shape index (κ2) is 6.75. The van der Waals surface area contributed by atoms with Gasteiger partial charge in [-0.25, -0.2) is 4.90 Å². The summed E-state index contributed by atoms with van der Waals surface area (Å²) in [5.41, 5.74) is 1.24. The van der Waals surface area contributed by atoms with Crippen LogP contribution < -0.4 is 9.21 Å². The van der Waals surface area contributed by atoms with Gasteiger partial charge in [0.15, 0.2) is 0 Å². The molecule has 0 radical (unpaired) electrons. The minimum atomic E-state index is -4.08. The second-order valence-corrected chi connectivity index (χ2v) is 7.66. The van der Waals surface area contributed by atoms with E-state index >= 15 is 0 Å². The standard InChI is InChI=1S/C19H19N5O3S/c1-3-22(4-2)18-20-19-23(17(25)14-10-6-5-7-11-14)15-12-8-9-13-16(15)24(19)28(26,27)21-18/h5-13H,3-4H2,1-2H3. The molecular formula is C19H19N5O3S. The molecule has 4 rings (SSSR count). The molecule has 28 heavy (non-hydrogen) atoms. The fraction of sp³-hybridized carbons (Fsp3) is 0.211. The van der Waals surface area contributed by atoms with Crippen LogP contribution in [-0.2, 0) is 10.2 Å². The molecule has 0 aliphatic carbocycles. The lowest BCUT2D eigenvalue weighted by atomic mass is 10.2. The number of hydrogen-bond donors (Lipinski definition) is 0. The summed E-state index contributed by atoms with van der Waals surface area (Å²) in [5, 5.41) is 0. The van der Waals surface area contributed by atoms with Gasteiger partial charge < -0.3 is 4.90 Å². The first-order valence-electron chi connectivity index (χ1n) is 8.95. The van der Waals surface area contributed by atoms with E-state index in [1.54, 1.807) is 53.4 Å². The second-order valence-electron chi connectivity index (χ2n) is 6.21. The largest absolute Gasteiger partial charge is 0.354 e. The average molecular weight is 397 g/mol. The Balaban J connectivity index is 1.91. The summed E-state index contributed by atoms with van der Waals surface area (Å²) in [7, 11) is -4.08. The first-order chi connectivity index (χ1) is 13.5. The number of fused-ring (bicyclic) bond motifs is 3. The van der Waals surface area contributed by atoms with Gasteiger partial charge in [0, 0.05) is 18.7 Å². The van der Waals surface area contributed by atoms with Gasteiger partial charge in [0.25, 0.3) is 5.91 Å². The van der Waals surface area contributed by atoms with Crippen molar-refractivity contribution in [1.82, 2.24) is 4.90 Å². The number of benzene rings is 2. The Bertz CT molecular complexity index is 1090. The maximum Gasteiger partial charge on any atom is 0.354 e. The third kappa shape index (κ3) is 2.75. The predicted octanol–water partition coefficient (Wildman–Crippen LogP) is 2.47. The highest BCUT2D eigenvalue weighted by Gasteiger charge is 2.46. The van der Waals surface area contributed by atoms with E-state index in [9.17, 15) is 13.2 Å². The van der Waals surface area contributed by atoms with Crippen molar-refractivity contribution >= 4 is 39.4 Å². The number of rotatable bonds is 3. The Labute approximate surface area is 163 Å². The molecule has 1 amide bonds. The van der Waals surface area contributed by atoms with Gasteiger partial charge in [-0.2, -0.15) is 17.7 Å². The molecule has 2 aromatic carbocycles. The molecular weight excluding hydrogens is 378 g/mol. The topological polar surface area (TPSA) is 85.7 Å². The SMILES string of the molecule is CCN(CC)C1=NS(=O)(=O)N2C(=N1)N(C(=O)c1ccccc1)c1ccccc12. The molecule has 2 heterocycles. The van der Waals surface area contributed by atoms with Gasteiger partial charge in [0.2, 0.25) is 11.9 Å². The molecule has 144 valence electrons. The first kappa shape index (κ1) is 18.2. The number of guanidine groups is 2. The number of carbonyl (C=O) groups excluding carboxylic acids is 1. The molecule has 0 aromatic heterocycles. The van der Waals surface area contributed by atoms with Crippen LogP contribution in [0, 0.1) is 0 Å². The van der Waals surface area contributed by atoms with E-state index in [4.69, 9.17) is 0 Å². The van der Waals surface area contributed by atoms with Crippen molar-refractivity contribution in [2.45, 2.75) is 13.8 Å². The van der Waals surface area contributed by atoms with Crippen LogP contribution in [0.25, 0.3) is 0 Å². The lowest BCUT2D eigenvalue weighted by Crippen LogP contribution is -2.49. The monoisotopic (exact) mass is 397 g/mol. The fourth-order valence-corrected chi connectivity index (χ4v) is 4.43. The first-order valence-corrected chi connectivity index (χ1v) is 10.3. The summed E-state index contributed by atoms with van der Waals surface area (Å²) in [6, 6.07) is 15.5. The van der Waals surface area contributed by atoms with Gasteiger partial charge in [-0.3, -0.25) is 4.79 Å². The van der Waals surface area contributed by atoms with E-state index in [0.29, 0.717) is 30.0 Å². The van der Waals surface area contributed by atoms with E-state index < -0.39 is 10.2 Å². The predicted molar refractivity (Wildman–Crippen MR) is 109 cm³/mol. The van der Waals surface area contributed by atoms with Crippen molar-refractivity contribution in [3.63, 3.8) is 0 Å². The Hall–Kier alpha value is -3.20. The van der Waals surface area contributed by atoms with Crippen molar-refractivity contribution in [2.24, 2.45) is 9.39 Å². The maximum absolute atomic E-state index is 13.3. The van der Waals surface area contributed by atoms with E-state index in [1.165, 1.54) is 4.90 Å². The van der Waals surface area contributed by atoms with Crippen LogP contribution in [0.15, 0.2) is 64.0 Å². The molecule has 2 aliphatic heterocycles. The van der Waals surface area contributed by atoms with Gasteiger partial charge in [-0.15, -0.1) is 4.40 Å². The lowest BCUT2D eigenvalue weighted by molar-refractivity contribution is 0.100. The number of amides is 1. The molecule has 2 aliphatic rings. The van der Waals surface area contributed by atoms with Crippen LogP contribution >= 0.6 is 0 Å². The lowest BCUT2D eigenvalue weighted by Gasteiger charge is -2.27. The highest BCUT2D eigenvalue weighted by Crippen LogP contribution is 2.41. The zero-order valence-corrected chi connectivity index (χ0v) is 16.3.